The zero-order valence-electron chi connectivity index (χ0n) is 7.52. The Morgan fingerprint density at radius 2 is 1.75 bits per heavy atom. The summed E-state index contributed by atoms with van der Waals surface area (Å²) in [6, 6.07) is 4.41. The zero-order valence-corrected chi connectivity index (χ0v) is 9.97. The van der Waals surface area contributed by atoms with Gasteiger partial charge in [-0.2, -0.15) is 0 Å². The number of allylic oxidation sites excluding steroid dienone is 1. The van der Waals surface area contributed by atoms with Crippen molar-refractivity contribution in [3.63, 3.8) is 0 Å². The SMILES string of the molecule is Cc1ccc(C)c2c1C=CC2.[Zr]. The van der Waals surface area contributed by atoms with Crippen LogP contribution in [0.15, 0.2) is 18.2 Å². The van der Waals surface area contributed by atoms with Gasteiger partial charge >= 0.3 is 0 Å². The summed E-state index contributed by atoms with van der Waals surface area (Å²) in [6.07, 6.45) is 5.60. The van der Waals surface area contributed by atoms with Gasteiger partial charge < -0.3 is 0 Å². The van der Waals surface area contributed by atoms with E-state index in [9.17, 15) is 0 Å². The van der Waals surface area contributed by atoms with Crippen molar-refractivity contribution in [3.8, 4) is 0 Å². The van der Waals surface area contributed by atoms with E-state index in [-0.39, 0.29) is 26.2 Å². The Bertz CT molecular complexity index is 324. The Morgan fingerprint density at radius 1 is 1.08 bits per heavy atom. The fourth-order valence-corrected chi connectivity index (χ4v) is 1.69. The molecule has 1 aliphatic carbocycles. The van der Waals surface area contributed by atoms with Crippen molar-refractivity contribution in [3.05, 3.63) is 40.5 Å². The second kappa shape index (κ2) is 3.70. The van der Waals surface area contributed by atoms with Crippen molar-refractivity contribution < 1.29 is 26.2 Å². The van der Waals surface area contributed by atoms with Gasteiger partial charge in [0.2, 0.25) is 0 Å². The third-order valence-corrected chi connectivity index (χ3v) is 2.42. The van der Waals surface area contributed by atoms with Crippen LogP contribution < -0.4 is 0 Å². The molecule has 1 aromatic rings. The van der Waals surface area contributed by atoms with Gasteiger partial charge in [-0.3, -0.25) is 0 Å². The molecule has 0 aliphatic heterocycles. The second-order valence-corrected chi connectivity index (χ2v) is 3.20. The van der Waals surface area contributed by atoms with Gasteiger partial charge in [-0.15, -0.1) is 0 Å². The Kier molecular flexibility index (Phi) is 3.06. The molecule has 0 unspecified atom stereocenters. The van der Waals surface area contributed by atoms with Gasteiger partial charge in [-0.25, -0.2) is 0 Å². The van der Waals surface area contributed by atoms with Gasteiger partial charge in [0.05, 0.1) is 0 Å². The summed E-state index contributed by atoms with van der Waals surface area (Å²) in [6.45, 7) is 4.36. The molecule has 0 atom stereocenters. The van der Waals surface area contributed by atoms with E-state index in [0.29, 0.717) is 0 Å². The Labute approximate surface area is 92.8 Å². The van der Waals surface area contributed by atoms with Crippen molar-refractivity contribution in [2.45, 2.75) is 20.3 Å². The van der Waals surface area contributed by atoms with Crippen LogP contribution in [0.1, 0.15) is 22.3 Å². The third-order valence-electron chi connectivity index (χ3n) is 2.42. The first kappa shape index (κ1) is 9.93. The normalized spacial score (nSPS) is 12.5. The fraction of sp³-hybridized carbons (Fsp3) is 0.273. The van der Waals surface area contributed by atoms with Gasteiger partial charge in [0.15, 0.2) is 0 Å². The Morgan fingerprint density at radius 3 is 2.42 bits per heavy atom. The van der Waals surface area contributed by atoms with E-state index in [0.717, 1.165) is 6.42 Å². The largest absolute Gasteiger partial charge is 0.0795 e. The monoisotopic (exact) mass is 234 g/mol. The molecule has 0 heterocycles. The molecule has 0 bridgehead atoms. The predicted octanol–water partition coefficient (Wildman–Crippen LogP) is 2.87. The average Bonchev–Trinajstić information content (AvgIpc) is 2.45. The van der Waals surface area contributed by atoms with E-state index in [1.807, 2.05) is 0 Å². The molecule has 1 aromatic carbocycles. The summed E-state index contributed by atoms with van der Waals surface area (Å²) < 4.78 is 0. The van der Waals surface area contributed by atoms with Crippen molar-refractivity contribution in [2.75, 3.05) is 0 Å². The molecule has 2 rings (SSSR count). The molecule has 0 radical (unpaired) electrons. The third kappa shape index (κ3) is 1.48. The summed E-state index contributed by atoms with van der Waals surface area (Å²) in [5.41, 5.74) is 5.80. The molecule has 1 aliphatic rings. The smallest absolute Gasteiger partial charge is 0 e. The maximum absolute atomic E-state index is 2.24. The van der Waals surface area contributed by atoms with Crippen LogP contribution in [0.3, 0.4) is 0 Å². The van der Waals surface area contributed by atoms with Crippen LogP contribution in [-0.2, 0) is 32.6 Å². The van der Waals surface area contributed by atoms with Gasteiger partial charge in [-0.05, 0) is 42.5 Å². The molecule has 0 amide bonds. The first-order valence-electron chi connectivity index (χ1n) is 4.04. The van der Waals surface area contributed by atoms with Crippen LogP contribution >= 0.6 is 0 Å². The minimum atomic E-state index is 0. The Hall–Kier alpha value is -0.157. The summed E-state index contributed by atoms with van der Waals surface area (Å²) in [4.78, 5) is 0. The van der Waals surface area contributed by atoms with E-state index in [4.69, 9.17) is 0 Å². The van der Waals surface area contributed by atoms with Crippen molar-refractivity contribution in [1.29, 1.82) is 0 Å². The van der Waals surface area contributed by atoms with Crippen LogP contribution in [0.5, 0.6) is 0 Å². The van der Waals surface area contributed by atoms with Crippen LogP contribution in [0.25, 0.3) is 6.08 Å². The van der Waals surface area contributed by atoms with E-state index < -0.39 is 0 Å². The van der Waals surface area contributed by atoms with Gasteiger partial charge in [0.1, 0.15) is 0 Å². The molecule has 0 saturated carbocycles. The Balaban J connectivity index is 0.000000720. The van der Waals surface area contributed by atoms with E-state index in [2.05, 4.69) is 38.1 Å². The molecule has 0 nitrogen and oxygen atoms in total. The standard InChI is InChI=1S/C11H12.Zr/c1-8-6-7-9(2)11-5-3-4-10(8)11;/h3-4,6-7H,5H2,1-2H3;. The summed E-state index contributed by atoms with van der Waals surface area (Å²) in [7, 11) is 0. The minimum Gasteiger partial charge on any atom is -0.0795 e. The molecule has 0 spiro atoms. The van der Waals surface area contributed by atoms with Crippen molar-refractivity contribution >= 4 is 6.08 Å². The summed E-state index contributed by atoms with van der Waals surface area (Å²) in [5, 5.41) is 0. The van der Waals surface area contributed by atoms with Gasteiger partial charge in [0, 0.05) is 26.2 Å². The quantitative estimate of drug-likeness (QED) is 0.649. The first-order valence-corrected chi connectivity index (χ1v) is 4.04. The van der Waals surface area contributed by atoms with Crippen LogP contribution in [-0.4, -0.2) is 0 Å². The number of benzene rings is 1. The molecule has 0 saturated heterocycles. The van der Waals surface area contributed by atoms with E-state index in [1.165, 1.54) is 22.3 Å². The molecular formula is C11H12Zr. The van der Waals surface area contributed by atoms with Gasteiger partial charge in [0.25, 0.3) is 0 Å². The maximum atomic E-state index is 2.24. The number of hydrogen-bond donors (Lipinski definition) is 0. The second-order valence-electron chi connectivity index (χ2n) is 3.20. The summed E-state index contributed by atoms with van der Waals surface area (Å²) in [5.74, 6) is 0. The molecule has 0 aromatic heterocycles. The van der Waals surface area contributed by atoms with Crippen molar-refractivity contribution in [2.24, 2.45) is 0 Å². The maximum Gasteiger partial charge on any atom is 0 e. The van der Waals surface area contributed by atoms with E-state index in [1.54, 1.807) is 0 Å². The number of fused-ring (bicyclic) bond motifs is 1. The van der Waals surface area contributed by atoms with Crippen LogP contribution in [0.2, 0.25) is 0 Å². The molecule has 60 valence electrons. The van der Waals surface area contributed by atoms with Gasteiger partial charge in [-0.1, -0.05) is 24.3 Å². The zero-order chi connectivity index (χ0) is 7.84. The average molecular weight is 235 g/mol. The number of rotatable bonds is 0. The topological polar surface area (TPSA) is 0 Å². The number of hydrogen-bond acceptors (Lipinski definition) is 0. The molecule has 0 fully saturated rings. The van der Waals surface area contributed by atoms with E-state index >= 15 is 0 Å². The summed E-state index contributed by atoms with van der Waals surface area (Å²) >= 11 is 0. The van der Waals surface area contributed by atoms with Crippen LogP contribution in [0.4, 0.5) is 0 Å². The molecule has 0 N–H and O–H groups in total. The number of aryl methyl sites for hydroxylation is 2. The van der Waals surface area contributed by atoms with Crippen molar-refractivity contribution in [1.82, 2.24) is 0 Å². The molecule has 12 heavy (non-hydrogen) atoms. The fourth-order valence-electron chi connectivity index (χ4n) is 1.69. The van der Waals surface area contributed by atoms with Crippen LogP contribution in [0, 0.1) is 13.8 Å². The predicted molar refractivity (Wildman–Crippen MR) is 48.7 cm³/mol. The minimum absolute atomic E-state index is 0. The molecular weight excluding hydrogens is 223 g/mol. The molecule has 1 heteroatoms. The first-order chi connectivity index (χ1) is 5.29.